The number of piperazine rings is 1. The fraction of sp³-hybridized carbons (Fsp3) is 0.750. The van der Waals surface area contributed by atoms with Crippen LogP contribution >= 0.6 is 0 Å². The molecule has 1 N–H and O–H groups in total. The first-order valence-electron chi connectivity index (χ1n) is 10.5. The van der Waals surface area contributed by atoms with E-state index in [2.05, 4.69) is 20.2 Å². The van der Waals surface area contributed by atoms with Crippen LogP contribution in [0.15, 0.2) is 12.4 Å². The lowest BCUT2D eigenvalue weighted by atomic mass is 9.92. The van der Waals surface area contributed by atoms with Crippen LogP contribution in [0.2, 0.25) is 0 Å². The number of amides is 1. The van der Waals surface area contributed by atoms with Crippen LogP contribution in [0.25, 0.3) is 0 Å². The van der Waals surface area contributed by atoms with Gasteiger partial charge in [0.15, 0.2) is 0 Å². The van der Waals surface area contributed by atoms with Crippen LogP contribution in [-0.2, 0) is 4.79 Å². The zero-order valence-electron chi connectivity index (χ0n) is 16.4. The molecule has 27 heavy (non-hydrogen) atoms. The van der Waals surface area contributed by atoms with Gasteiger partial charge >= 0.3 is 0 Å². The van der Waals surface area contributed by atoms with Crippen molar-refractivity contribution in [2.75, 3.05) is 50.0 Å². The molecule has 1 saturated carbocycles. The van der Waals surface area contributed by atoms with Crippen LogP contribution in [0, 0.1) is 0 Å². The number of carbonyl (C=O) groups excluding carboxylic acids is 1. The molecule has 0 spiro atoms. The summed E-state index contributed by atoms with van der Waals surface area (Å²) in [4.78, 5) is 27.3. The fourth-order valence-electron chi connectivity index (χ4n) is 4.62. The van der Waals surface area contributed by atoms with Crippen molar-refractivity contribution in [3.63, 3.8) is 0 Å². The van der Waals surface area contributed by atoms with Crippen LogP contribution in [0.4, 0.5) is 11.6 Å². The Morgan fingerprint density at radius 3 is 2.52 bits per heavy atom. The van der Waals surface area contributed by atoms with Gasteiger partial charge < -0.3 is 20.0 Å². The summed E-state index contributed by atoms with van der Waals surface area (Å²) in [5.41, 5.74) is 0. The summed E-state index contributed by atoms with van der Waals surface area (Å²) in [6.07, 6.45) is 10.9. The summed E-state index contributed by atoms with van der Waals surface area (Å²) in [5, 5.41) is 3.60. The summed E-state index contributed by atoms with van der Waals surface area (Å²) in [5.74, 6) is 1.86. The number of aromatic nitrogens is 2. The maximum absolute atomic E-state index is 12.0. The molecule has 7 nitrogen and oxygen atoms in total. The SMILES string of the molecule is CN1CCN(c2cc(NC3CCN(C4CCCCC4)CC3)ncn2)CC1=O. The summed E-state index contributed by atoms with van der Waals surface area (Å²) in [6.45, 7) is 4.33. The third kappa shape index (κ3) is 4.51. The molecule has 0 unspecified atom stereocenters. The Labute approximate surface area is 162 Å². The second kappa shape index (κ2) is 8.42. The molecule has 3 aliphatic rings. The van der Waals surface area contributed by atoms with E-state index in [1.165, 1.54) is 58.0 Å². The summed E-state index contributed by atoms with van der Waals surface area (Å²) in [7, 11) is 1.85. The standard InChI is InChI=1S/C20H32N6O/c1-24-11-12-26(14-20(24)27)19-13-18(21-15-22-19)23-16-7-9-25(10-8-16)17-5-3-2-4-6-17/h13,15-17H,2-12,14H2,1H3,(H,21,22,23). The lowest BCUT2D eigenvalue weighted by Gasteiger charge is -2.39. The first-order chi connectivity index (χ1) is 13.2. The molecule has 7 heteroatoms. The van der Waals surface area contributed by atoms with E-state index in [0.717, 1.165) is 30.8 Å². The maximum Gasteiger partial charge on any atom is 0.241 e. The lowest BCUT2D eigenvalue weighted by Crippen LogP contribution is -2.48. The number of hydrogen-bond donors (Lipinski definition) is 1. The summed E-state index contributed by atoms with van der Waals surface area (Å²) in [6, 6.07) is 3.29. The minimum absolute atomic E-state index is 0.143. The Kier molecular flexibility index (Phi) is 5.76. The van der Waals surface area contributed by atoms with Crippen molar-refractivity contribution in [2.45, 2.75) is 57.0 Å². The normalized spacial score (nSPS) is 23.7. The minimum Gasteiger partial charge on any atom is -0.367 e. The maximum atomic E-state index is 12.0. The van der Waals surface area contributed by atoms with Crippen molar-refractivity contribution in [3.8, 4) is 0 Å². The van der Waals surface area contributed by atoms with Crippen molar-refractivity contribution in [1.29, 1.82) is 0 Å². The van der Waals surface area contributed by atoms with E-state index in [0.29, 0.717) is 12.6 Å². The molecule has 2 saturated heterocycles. The van der Waals surface area contributed by atoms with Crippen molar-refractivity contribution < 1.29 is 4.79 Å². The highest BCUT2D eigenvalue weighted by molar-refractivity contribution is 5.82. The van der Waals surface area contributed by atoms with E-state index >= 15 is 0 Å². The number of carbonyl (C=O) groups is 1. The molecule has 1 aromatic heterocycles. The monoisotopic (exact) mass is 372 g/mol. The quantitative estimate of drug-likeness (QED) is 0.872. The van der Waals surface area contributed by atoms with Gasteiger partial charge in [-0.3, -0.25) is 4.79 Å². The molecule has 0 atom stereocenters. The van der Waals surface area contributed by atoms with Crippen LogP contribution < -0.4 is 10.2 Å². The lowest BCUT2D eigenvalue weighted by molar-refractivity contribution is -0.129. The number of anilines is 2. The summed E-state index contributed by atoms with van der Waals surface area (Å²) >= 11 is 0. The number of nitrogens with one attached hydrogen (secondary N) is 1. The van der Waals surface area contributed by atoms with Gasteiger partial charge in [-0.15, -0.1) is 0 Å². The van der Waals surface area contributed by atoms with E-state index in [-0.39, 0.29) is 5.91 Å². The van der Waals surface area contributed by atoms with Gasteiger partial charge in [0.05, 0.1) is 6.54 Å². The third-order valence-corrected chi connectivity index (χ3v) is 6.41. The second-order valence-electron chi connectivity index (χ2n) is 8.24. The van der Waals surface area contributed by atoms with Gasteiger partial charge in [0, 0.05) is 51.4 Å². The van der Waals surface area contributed by atoms with Gasteiger partial charge in [0.2, 0.25) is 5.91 Å². The number of likely N-dealkylation sites (tertiary alicyclic amines) is 1. The molecule has 1 amide bonds. The van der Waals surface area contributed by atoms with Crippen molar-refractivity contribution in [2.24, 2.45) is 0 Å². The molecule has 3 heterocycles. The first kappa shape index (κ1) is 18.5. The molecule has 148 valence electrons. The highest BCUT2D eigenvalue weighted by Crippen LogP contribution is 2.26. The Hall–Kier alpha value is -1.89. The number of likely N-dealkylation sites (N-methyl/N-ethyl adjacent to an activating group) is 1. The molecule has 1 aromatic rings. The number of piperidine rings is 1. The molecule has 4 rings (SSSR count). The average molecular weight is 373 g/mol. The molecule has 3 fully saturated rings. The average Bonchev–Trinajstić information content (AvgIpc) is 2.71. The first-order valence-corrected chi connectivity index (χ1v) is 10.5. The Balaban J connectivity index is 1.30. The van der Waals surface area contributed by atoms with E-state index in [1.807, 2.05) is 18.0 Å². The van der Waals surface area contributed by atoms with Gasteiger partial charge in [0.1, 0.15) is 18.0 Å². The largest absolute Gasteiger partial charge is 0.367 e. The molecule has 0 aromatic carbocycles. The van der Waals surface area contributed by atoms with E-state index in [1.54, 1.807) is 11.2 Å². The van der Waals surface area contributed by atoms with E-state index < -0.39 is 0 Å². The van der Waals surface area contributed by atoms with Crippen LogP contribution in [0.1, 0.15) is 44.9 Å². The zero-order chi connectivity index (χ0) is 18.6. The third-order valence-electron chi connectivity index (χ3n) is 6.41. The Bertz CT molecular complexity index is 639. The minimum atomic E-state index is 0.143. The van der Waals surface area contributed by atoms with Crippen LogP contribution in [-0.4, -0.2) is 77.5 Å². The van der Waals surface area contributed by atoms with Gasteiger partial charge in [-0.05, 0) is 25.7 Å². The van der Waals surface area contributed by atoms with E-state index in [9.17, 15) is 4.79 Å². The van der Waals surface area contributed by atoms with Crippen molar-refractivity contribution in [3.05, 3.63) is 12.4 Å². The number of rotatable bonds is 4. The molecule has 1 aliphatic carbocycles. The fourth-order valence-corrected chi connectivity index (χ4v) is 4.62. The highest BCUT2D eigenvalue weighted by Gasteiger charge is 2.27. The Morgan fingerprint density at radius 2 is 1.78 bits per heavy atom. The van der Waals surface area contributed by atoms with Crippen molar-refractivity contribution >= 4 is 17.5 Å². The summed E-state index contributed by atoms with van der Waals surface area (Å²) < 4.78 is 0. The van der Waals surface area contributed by atoms with E-state index in [4.69, 9.17) is 0 Å². The number of nitrogens with zero attached hydrogens (tertiary/aromatic N) is 5. The van der Waals surface area contributed by atoms with Gasteiger partial charge in [-0.2, -0.15) is 0 Å². The predicted octanol–water partition coefficient (Wildman–Crippen LogP) is 1.96. The van der Waals surface area contributed by atoms with Crippen LogP contribution in [0.3, 0.4) is 0 Å². The van der Waals surface area contributed by atoms with Gasteiger partial charge in [-0.1, -0.05) is 19.3 Å². The second-order valence-corrected chi connectivity index (χ2v) is 8.24. The molecule has 0 bridgehead atoms. The predicted molar refractivity (Wildman–Crippen MR) is 107 cm³/mol. The molecular weight excluding hydrogens is 340 g/mol. The Morgan fingerprint density at radius 1 is 1.00 bits per heavy atom. The smallest absolute Gasteiger partial charge is 0.241 e. The highest BCUT2D eigenvalue weighted by atomic mass is 16.2. The topological polar surface area (TPSA) is 64.6 Å². The van der Waals surface area contributed by atoms with Gasteiger partial charge in [-0.25, -0.2) is 9.97 Å². The molecular formula is C20H32N6O. The molecule has 2 aliphatic heterocycles. The number of hydrogen-bond acceptors (Lipinski definition) is 6. The van der Waals surface area contributed by atoms with Crippen molar-refractivity contribution in [1.82, 2.24) is 19.8 Å². The zero-order valence-corrected chi connectivity index (χ0v) is 16.4. The molecule has 0 radical (unpaired) electrons. The van der Waals surface area contributed by atoms with Gasteiger partial charge in [0.25, 0.3) is 0 Å². The van der Waals surface area contributed by atoms with Crippen LogP contribution in [0.5, 0.6) is 0 Å².